The van der Waals surface area contributed by atoms with E-state index >= 15 is 0 Å². The van der Waals surface area contributed by atoms with Crippen LogP contribution in [0.1, 0.15) is 13.3 Å². The number of carboxylic acid groups (broad SMARTS) is 1. The van der Waals surface area contributed by atoms with Crippen molar-refractivity contribution in [3.8, 4) is 0 Å². The molecule has 0 unspecified atom stereocenters. The molecule has 0 aromatic rings. The molecular formula is C6H11N2NaO3. The number of nitrogens with one attached hydrogen (secondary N) is 1. The smallest absolute Gasteiger partial charge is 0.548 e. The van der Waals surface area contributed by atoms with Crippen molar-refractivity contribution in [1.29, 1.82) is 0 Å². The van der Waals surface area contributed by atoms with E-state index < -0.39 is 12.0 Å². The largest absolute Gasteiger partial charge is 1.00 e. The third kappa shape index (κ3) is 4.06. The van der Waals surface area contributed by atoms with E-state index in [9.17, 15) is 9.90 Å². The molecule has 0 aliphatic carbocycles. The third-order valence-electron chi connectivity index (χ3n) is 1.43. The van der Waals surface area contributed by atoms with Crippen LogP contribution in [0.2, 0.25) is 0 Å². The van der Waals surface area contributed by atoms with Gasteiger partial charge in [-0.3, -0.25) is 4.99 Å². The molecule has 0 amide bonds. The fraction of sp³-hybridized carbons (Fsp3) is 0.667. The van der Waals surface area contributed by atoms with Crippen molar-refractivity contribution >= 4 is 11.8 Å². The molecule has 1 aliphatic heterocycles. The second-order valence-corrected chi connectivity index (χ2v) is 2.27. The molecule has 1 rings (SSSR count). The predicted molar refractivity (Wildman–Crippen MR) is 38.1 cm³/mol. The van der Waals surface area contributed by atoms with Crippen molar-refractivity contribution in [3.63, 3.8) is 0 Å². The molecule has 5 nitrogen and oxygen atoms in total. The van der Waals surface area contributed by atoms with Crippen LogP contribution in [0, 0.1) is 0 Å². The molecule has 12 heavy (non-hydrogen) atoms. The Balaban J connectivity index is 0. The van der Waals surface area contributed by atoms with Crippen molar-refractivity contribution in [2.45, 2.75) is 19.4 Å². The van der Waals surface area contributed by atoms with Gasteiger partial charge in [0.05, 0.1) is 17.8 Å². The number of rotatable bonds is 1. The Bertz CT molecular complexity index is 184. The first-order chi connectivity index (χ1) is 4.70. The van der Waals surface area contributed by atoms with Crippen LogP contribution < -0.4 is 40.0 Å². The van der Waals surface area contributed by atoms with Crippen LogP contribution in [-0.2, 0) is 4.79 Å². The number of hydrogen-bond acceptors (Lipinski definition) is 4. The maximum atomic E-state index is 10.3. The molecule has 3 N–H and O–H groups in total. The van der Waals surface area contributed by atoms with Gasteiger partial charge in [0.25, 0.3) is 0 Å². The average Bonchev–Trinajstić information content (AvgIpc) is 1.88. The van der Waals surface area contributed by atoms with Gasteiger partial charge in [0.2, 0.25) is 0 Å². The Hall–Kier alpha value is -0.100. The predicted octanol–water partition coefficient (Wildman–Crippen LogP) is -5.30. The molecule has 0 saturated heterocycles. The van der Waals surface area contributed by atoms with E-state index in [1.165, 1.54) is 0 Å². The average molecular weight is 182 g/mol. The first kappa shape index (κ1) is 14.4. The van der Waals surface area contributed by atoms with Gasteiger partial charge in [-0.2, -0.15) is 0 Å². The summed E-state index contributed by atoms with van der Waals surface area (Å²) < 4.78 is 0. The van der Waals surface area contributed by atoms with Crippen LogP contribution in [0.3, 0.4) is 0 Å². The topological polar surface area (TPSA) is 96.0 Å². The zero-order valence-corrected chi connectivity index (χ0v) is 9.26. The first-order valence-corrected chi connectivity index (χ1v) is 3.18. The molecule has 1 aliphatic rings. The molecule has 0 saturated carbocycles. The summed E-state index contributed by atoms with van der Waals surface area (Å²) in [4.78, 5) is 14.2. The summed E-state index contributed by atoms with van der Waals surface area (Å²) in [5.74, 6) is -0.366. The Morgan fingerprint density at radius 2 is 2.33 bits per heavy atom. The fourth-order valence-corrected chi connectivity index (χ4v) is 0.908. The molecular weight excluding hydrogens is 171 g/mol. The van der Waals surface area contributed by atoms with Gasteiger partial charge in [0, 0.05) is 6.54 Å². The summed E-state index contributed by atoms with van der Waals surface area (Å²) in [7, 11) is 0. The summed E-state index contributed by atoms with van der Waals surface area (Å²) in [6.45, 7) is 2.33. The number of nitrogens with zero attached hydrogens (tertiary/aromatic N) is 1. The van der Waals surface area contributed by atoms with Gasteiger partial charge in [0.15, 0.2) is 0 Å². The van der Waals surface area contributed by atoms with E-state index in [2.05, 4.69) is 10.3 Å². The molecule has 64 valence electrons. The Morgan fingerprint density at radius 3 is 2.67 bits per heavy atom. The SMILES string of the molecule is CC1=NCC[C@@H](C(=O)[O-])N1.O.[Na+]. The number of amidine groups is 1. The first-order valence-electron chi connectivity index (χ1n) is 3.18. The van der Waals surface area contributed by atoms with Crippen LogP contribution >= 0.6 is 0 Å². The summed E-state index contributed by atoms with van der Waals surface area (Å²) in [6, 6.07) is -0.544. The van der Waals surface area contributed by atoms with Crippen molar-refractivity contribution < 1.29 is 44.9 Å². The van der Waals surface area contributed by atoms with Gasteiger partial charge in [-0.05, 0) is 13.3 Å². The molecule has 0 spiro atoms. The number of carbonyl (C=O) groups is 1. The van der Waals surface area contributed by atoms with E-state index in [4.69, 9.17) is 0 Å². The zero-order chi connectivity index (χ0) is 7.56. The zero-order valence-electron chi connectivity index (χ0n) is 7.26. The summed E-state index contributed by atoms with van der Waals surface area (Å²) in [6.07, 6.45) is 0.527. The summed E-state index contributed by atoms with van der Waals surface area (Å²) in [5, 5.41) is 13.0. The van der Waals surface area contributed by atoms with E-state index in [0.717, 1.165) is 0 Å². The van der Waals surface area contributed by atoms with Crippen molar-refractivity contribution in [2.24, 2.45) is 4.99 Å². The van der Waals surface area contributed by atoms with Crippen LogP contribution in [0.4, 0.5) is 0 Å². The van der Waals surface area contributed by atoms with Gasteiger partial charge in [-0.1, -0.05) is 0 Å². The van der Waals surface area contributed by atoms with Crippen molar-refractivity contribution in [3.05, 3.63) is 0 Å². The van der Waals surface area contributed by atoms with Gasteiger partial charge < -0.3 is 20.7 Å². The molecule has 0 aromatic carbocycles. The molecule has 6 heteroatoms. The van der Waals surface area contributed by atoms with E-state index in [0.29, 0.717) is 18.8 Å². The molecule has 1 heterocycles. The van der Waals surface area contributed by atoms with Crippen LogP contribution in [0.5, 0.6) is 0 Å². The van der Waals surface area contributed by atoms with Crippen molar-refractivity contribution in [2.75, 3.05) is 6.54 Å². The number of aliphatic carboxylic acids is 1. The fourth-order valence-electron chi connectivity index (χ4n) is 0.908. The van der Waals surface area contributed by atoms with E-state index in [1.807, 2.05) is 0 Å². The molecule has 1 atom stereocenters. The minimum Gasteiger partial charge on any atom is -0.548 e. The summed E-state index contributed by atoms with van der Waals surface area (Å²) >= 11 is 0. The second kappa shape index (κ2) is 6.42. The maximum Gasteiger partial charge on any atom is 1.00 e. The number of carbonyl (C=O) groups excluding carboxylic acids is 1. The molecule has 0 bridgehead atoms. The Labute approximate surface area is 92.9 Å². The standard InChI is InChI=1S/C6H10N2O2.Na.H2O/c1-4-7-3-2-5(8-4)6(9)10;;/h5H,2-3H2,1H3,(H,7,8)(H,9,10);;1H2/q;+1;/p-1/t5-;;/m0../s1. The molecule has 0 radical (unpaired) electrons. The second-order valence-electron chi connectivity index (χ2n) is 2.27. The van der Waals surface area contributed by atoms with Crippen molar-refractivity contribution in [1.82, 2.24) is 5.32 Å². The van der Waals surface area contributed by atoms with Gasteiger partial charge in [-0.15, -0.1) is 0 Å². The normalized spacial score (nSPS) is 20.8. The Kier molecular flexibility index (Phi) is 7.72. The minimum atomic E-state index is -1.05. The van der Waals surface area contributed by atoms with Gasteiger partial charge in [0.1, 0.15) is 0 Å². The third-order valence-corrected chi connectivity index (χ3v) is 1.43. The number of aliphatic imine (C=N–C) groups is 1. The summed E-state index contributed by atoms with van der Waals surface area (Å²) in [5.41, 5.74) is 0. The minimum absolute atomic E-state index is 0. The number of carboxylic acids is 1. The van der Waals surface area contributed by atoms with E-state index in [-0.39, 0.29) is 35.0 Å². The van der Waals surface area contributed by atoms with Gasteiger partial charge in [-0.25, -0.2) is 0 Å². The Morgan fingerprint density at radius 1 is 1.75 bits per heavy atom. The monoisotopic (exact) mass is 182 g/mol. The van der Waals surface area contributed by atoms with E-state index in [1.54, 1.807) is 6.92 Å². The molecule has 0 fully saturated rings. The number of hydrogen-bond donors (Lipinski definition) is 1. The molecule has 0 aromatic heterocycles. The van der Waals surface area contributed by atoms with Crippen LogP contribution in [0.15, 0.2) is 4.99 Å². The van der Waals surface area contributed by atoms with Gasteiger partial charge >= 0.3 is 29.6 Å². The van der Waals surface area contributed by atoms with Crippen LogP contribution in [0.25, 0.3) is 0 Å². The quantitative estimate of drug-likeness (QED) is 0.410. The van der Waals surface area contributed by atoms with Crippen LogP contribution in [-0.4, -0.2) is 29.9 Å². The maximum absolute atomic E-state index is 10.3.